The molecule has 1 atom stereocenters. The lowest BCUT2D eigenvalue weighted by Gasteiger charge is -2.29. The number of carbonyl (C=O) groups is 2. The van der Waals surface area contributed by atoms with Crippen molar-refractivity contribution in [1.82, 2.24) is 10.2 Å². The van der Waals surface area contributed by atoms with Crippen LogP contribution >= 0.6 is 11.6 Å². The molecule has 27 heavy (non-hydrogen) atoms. The molecule has 4 nitrogen and oxygen atoms in total. The van der Waals surface area contributed by atoms with Gasteiger partial charge >= 0.3 is 0 Å². The maximum atomic E-state index is 12.6. The lowest BCUT2D eigenvalue weighted by atomic mass is 10.1. The first-order chi connectivity index (χ1) is 13.0. The minimum atomic E-state index is -0.532. The van der Waals surface area contributed by atoms with E-state index in [2.05, 4.69) is 5.32 Å². The number of hydrogen-bond donors (Lipinski definition) is 1. The molecule has 0 bridgehead atoms. The Hall–Kier alpha value is -2.33. The molecule has 2 aromatic rings. The molecule has 0 aliphatic rings. The van der Waals surface area contributed by atoms with Crippen LogP contribution < -0.4 is 5.32 Å². The monoisotopic (exact) mass is 386 g/mol. The minimum absolute atomic E-state index is 0.0156. The van der Waals surface area contributed by atoms with E-state index in [4.69, 9.17) is 11.6 Å². The van der Waals surface area contributed by atoms with Crippen molar-refractivity contribution in [3.8, 4) is 0 Å². The number of nitrogens with one attached hydrogen (secondary N) is 1. The third kappa shape index (κ3) is 6.72. The minimum Gasteiger partial charge on any atom is -0.354 e. The van der Waals surface area contributed by atoms with Gasteiger partial charge in [0.2, 0.25) is 11.8 Å². The maximum Gasteiger partial charge on any atom is 0.242 e. The molecule has 0 saturated heterocycles. The molecule has 0 aliphatic carbocycles. The summed E-state index contributed by atoms with van der Waals surface area (Å²) >= 11 is 5.94. The molecule has 0 fully saturated rings. The summed E-state index contributed by atoms with van der Waals surface area (Å²) in [7, 11) is 0. The summed E-state index contributed by atoms with van der Waals surface area (Å²) in [5.41, 5.74) is 2.12. The largest absolute Gasteiger partial charge is 0.354 e. The van der Waals surface area contributed by atoms with Gasteiger partial charge in [0.1, 0.15) is 6.04 Å². The van der Waals surface area contributed by atoms with Gasteiger partial charge in [-0.1, -0.05) is 61.0 Å². The summed E-state index contributed by atoms with van der Waals surface area (Å²) < 4.78 is 0. The number of halogens is 1. The van der Waals surface area contributed by atoms with Gasteiger partial charge in [-0.3, -0.25) is 9.59 Å². The number of carbonyl (C=O) groups excluding carboxylic acids is 2. The fraction of sp³-hybridized carbons (Fsp3) is 0.364. The zero-order valence-corrected chi connectivity index (χ0v) is 16.7. The van der Waals surface area contributed by atoms with Crippen LogP contribution in [0.4, 0.5) is 0 Å². The Morgan fingerprint density at radius 1 is 1.04 bits per heavy atom. The van der Waals surface area contributed by atoms with Crippen molar-refractivity contribution in [3.05, 3.63) is 70.7 Å². The SMILES string of the molecule is CCCC(=O)N(Cc1ccc(Cl)cc1)[C@H](C)C(=O)NCCc1ccccc1. The van der Waals surface area contributed by atoms with E-state index in [-0.39, 0.29) is 11.8 Å². The Bertz CT molecular complexity index is 732. The molecule has 5 heteroatoms. The van der Waals surface area contributed by atoms with Crippen molar-refractivity contribution in [3.63, 3.8) is 0 Å². The molecule has 0 spiro atoms. The second kappa shape index (κ2) is 10.7. The quantitative estimate of drug-likeness (QED) is 0.701. The molecule has 144 valence electrons. The summed E-state index contributed by atoms with van der Waals surface area (Å²) in [6, 6.07) is 16.8. The molecule has 0 radical (unpaired) electrons. The molecule has 0 unspecified atom stereocenters. The first-order valence-corrected chi connectivity index (χ1v) is 9.74. The average Bonchev–Trinajstić information content (AvgIpc) is 2.68. The van der Waals surface area contributed by atoms with Crippen LogP contribution in [0.1, 0.15) is 37.8 Å². The van der Waals surface area contributed by atoms with Crippen molar-refractivity contribution >= 4 is 23.4 Å². The van der Waals surface area contributed by atoms with E-state index in [0.29, 0.717) is 24.5 Å². The van der Waals surface area contributed by atoms with E-state index in [1.54, 1.807) is 24.0 Å². The summed E-state index contributed by atoms with van der Waals surface area (Å²) in [6.07, 6.45) is 1.94. The third-order valence-electron chi connectivity index (χ3n) is 4.45. The molecule has 0 heterocycles. The highest BCUT2D eigenvalue weighted by Crippen LogP contribution is 2.15. The number of benzene rings is 2. The van der Waals surface area contributed by atoms with Crippen LogP contribution in [0.25, 0.3) is 0 Å². The van der Waals surface area contributed by atoms with Gasteiger partial charge in [-0.15, -0.1) is 0 Å². The lowest BCUT2D eigenvalue weighted by Crippen LogP contribution is -2.47. The Kier molecular flexibility index (Phi) is 8.34. The smallest absolute Gasteiger partial charge is 0.242 e. The van der Waals surface area contributed by atoms with E-state index in [1.165, 1.54) is 5.56 Å². The molecular formula is C22H27ClN2O2. The van der Waals surface area contributed by atoms with Gasteiger partial charge in [-0.2, -0.15) is 0 Å². The van der Waals surface area contributed by atoms with Crippen molar-refractivity contribution in [2.24, 2.45) is 0 Å². The molecule has 0 saturated carbocycles. The molecule has 1 N–H and O–H groups in total. The zero-order valence-electron chi connectivity index (χ0n) is 16.0. The van der Waals surface area contributed by atoms with Crippen LogP contribution in [-0.2, 0) is 22.6 Å². The van der Waals surface area contributed by atoms with Crippen LogP contribution in [0.2, 0.25) is 5.02 Å². The summed E-state index contributed by atoms with van der Waals surface area (Å²) in [6.45, 7) is 4.68. The van der Waals surface area contributed by atoms with Crippen molar-refractivity contribution in [2.75, 3.05) is 6.54 Å². The highest BCUT2D eigenvalue weighted by molar-refractivity contribution is 6.30. The molecule has 2 aromatic carbocycles. The van der Waals surface area contributed by atoms with Crippen LogP contribution in [0.5, 0.6) is 0 Å². The van der Waals surface area contributed by atoms with Crippen molar-refractivity contribution in [1.29, 1.82) is 0 Å². The second-order valence-corrected chi connectivity index (χ2v) is 7.04. The fourth-order valence-electron chi connectivity index (χ4n) is 2.85. The van der Waals surface area contributed by atoms with Gasteiger partial charge in [0.25, 0.3) is 0 Å². The van der Waals surface area contributed by atoms with Crippen molar-refractivity contribution < 1.29 is 9.59 Å². The summed E-state index contributed by atoms with van der Waals surface area (Å²) in [5.74, 6) is -0.150. The fourth-order valence-corrected chi connectivity index (χ4v) is 2.98. The Morgan fingerprint density at radius 2 is 1.70 bits per heavy atom. The Balaban J connectivity index is 1.98. The predicted octanol–water partition coefficient (Wildman–Crippen LogP) is 4.22. The van der Waals surface area contributed by atoms with Crippen molar-refractivity contribution in [2.45, 2.75) is 45.7 Å². The summed E-state index contributed by atoms with van der Waals surface area (Å²) in [5, 5.41) is 3.60. The van der Waals surface area contributed by atoms with Crippen LogP contribution in [-0.4, -0.2) is 29.3 Å². The number of rotatable bonds is 9. The lowest BCUT2D eigenvalue weighted by molar-refractivity contribution is -0.140. The highest BCUT2D eigenvalue weighted by Gasteiger charge is 2.25. The number of nitrogens with zero attached hydrogens (tertiary/aromatic N) is 1. The third-order valence-corrected chi connectivity index (χ3v) is 4.71. The van der Waals surface area contributed by atoms with Gasteiger partial charge in [0.15, 0.2) is 0 Å². The normalized spacial score (nSPS) is 11.7. The Morgan fingerprint density at radius 3 is 2.33 bits per heavy atom. The zero-order chi connectivity index (χ0) is 19.6. The first-order valence-electron chi connectivity index (χ1n) is 9.36. The first kappa shape index (κ1) is 21.0. The standard InChI is InChI=1S/C22H27ClN2O2/c1-3-7-21(26)25(16-19-10-12-20(23)13-11-19)17(2)22(27)24-15-14-18-8-5-4-6-9-18/h4-6,8-13,17H,3,7,14-16H2,1-2H3,(H,24,27)/t17-/m1/s1. The van der Waals surface area contributed by atoms with Gasteiger partial charge in [-0.25, -0.2) is 0 Å². The maximum absolute atomic E-state index is 12.6. The van der Waals surface area contributed by atoms with E-state index < -0.39 is 6.04 Å². The molecule has 0 aromatic heterocycles. The summed E-state index contributed by atoms with van der Waals surface area (Å²) in [4.78, 5) is 26.8. The van der Waals surface area contributed by atoms with Gasteiger partial charge < -0.3 is 10.2 Å². The molecular weight excluding hydrogens is 360 g/mol. The number of hydrogen-bond acceptors (Lipinski definition) is 2. The van der Waals surface area contributed by atoms with E-state index in [9.17, 15) is 9.59 Å². The van der Waals surface area contributed by atoms with Crippen LogP contribution in [0.15, 0.2) is 54.6 Å². The van der Waals surface area contributed by atoms with Crippen LogP contribution in [0, 0.1) is 0 Å². The molecule has 2 rings (SSSR count). The van der Waals surface area contributed by atoms with E-state index in [1.807, 2.05) is 49.4 Å². The van der Waals surface area contributed by atoms with Gasteiger partial charge in [0, 0.05) is 24.5 Å². The molecule has 2 amide bonds. The van der Waals surface area contributed by atoms with E-state index >= 15 is 0 Å². The van der Waals surface area contributed by atoms with E-state index in [0.717, 1.165) is 18.4 Å². The predicted molar refractivity (Wildman–Crippen MR) is 110 cm³/mol. The Labute approximate surface area is 166 Å². The average molecular weight is 387 g/mol. The topological polar surface area (TPSA) is 49.4 Å². The van der Waals surface area contributed by atoms with Gasteiger partial charge in [0.05, 0.1) is 0 Å². The van der Waals surface area contributed by atoms with Gasteiger partial charge in [-0.05, 0) is 43.0 Å². The van der Waals surface area contributed by atoms with Crippen LogP contribution in [0.3, 0.4) is 0 Å². The second-order valence-electron chi connectivity index (χ2n) is 6.60. The molecule has 0 aliphatic heterocycles. The number of amides is 2. The highest BCUT2D eigenvalue weighted by atomic mass is 35.5.